The van der Waals surface area contributed by atoms with Crippen molar-refractivity contribution in [2.24, 2.45) is 0 Å². The molecule has 1 aromatic carbocycles. The molecule has 2 N–H and O–H groups in total. The van der Waals surface area contributed by atoms with E-state index in [-0.39, 0.29) is 12.6 Å². The zero-order chi connectivity index (χ0) is 22.3. The van der Waals surface area contributed by atoms with Gasteiger partial charge >= 0.3 is 0 Å². The third-order valence-corrected chi connectivity index (χ3v) is 5.40. The summed E-state index contributed by atoms with van der Waals surface area (Å²) in [6.45, 7) is 1.80. The van der Waals surface area contributed by atoms with E-state index in [4.69, 9.17) is 17.0 Å². The number of anilines is 2. The van der Waals surface area contributed by atoms with Crippen molar-refractivity contribution < 1.29 is 13.5 Å². The molecule has 6 nitrogen and oxygen atoms in total. The summed E-state index contributed by atoms with van der Waals surface area (Å²) in [5.41, 5.74) is 1.41. The molecule has 3 aromatic rings. The molecule has 0 amide bonds. The molecule has 3 heterocycles. The monoisotopic (exact) mass is 455 g/mol. The third kappa shape index (κ3) is 5.88. The molecule has 0 radical (unpaired) electrons. The van der Waals surface area contributed by atoms with Gasteiger partial charge < -0.3 is 20.3 Å². The quantitative estimate of drug-likeness (QED) is 0.538. The van der Waals surface area contributed by atoms with Crippen LogP contribution in [-0.2, 0) is 6.61 Å². The van der Waals surface area contributed by atoms with Crippen molar-refractivity contribution >= 4 is 28.8 Å². The molecule has 4 rings (SSSR count). The molecular weight excluding hydrogens is 432 g/mol. The highest BCUT2D eigenvalue weighted by molar-refractivity contribution is 7.80. The molecule has 0 saturated carbocycles. The zero-order valence-electron chi connectivity index (χ0n) is 17.3. The van der Waals surface area contributed by atoms with Gasteiger partial charge in [0.2, 0.25) is 0 Å². The van der Waals surface area contributed by atoms with Gasteiger partial charge in [-0.3, -0.25) is 4.98 Å². The average Bonchev–Trinajstić information content (AvgIpc) is 2.81. The summed E-state index contributed by atoms with van der Waals surface area (Å²) in [5, 5.41) is 7.09. The van der Waals surface area contributed by atoms with Crippen LogP contribution in [0.4, 0.5) is 20.3 Å². The summed E-state index contributed by atoms with van der Waals surface area (Å²) in [4.78, 5) is 10.7. The number of hydrogen-bond donors (Lipinski definition) is 2. The largest absolute Gasteiger partial charge is 0.489 e. The lowest BCUT2D eigenvalue weighted by molar-refractivity contribution is 0.304. The van der Waals surface area contributed by atoms with Crippen LogP contribution in [0.2, 0.25) is 0 Å². The van der Waals surface area contributed by atoms with E-state index in [9.17, 15) is 8.78 Å². The summed E-state index contributed by atoms with van der Waals surface area (Å²) in [6, 6.07) is 11.4. The number of halogens is 2. The molecule has 166 valence electrons. The standard InChI is InChI=1S/C23H23F2N5OS/c24-20-4-3-16(12-21(20)25)15-31-19-5-9-27-22(13-19)30-10-6-17(7-11-30)28-23(32)29-18-2-1-8-26-14-18/h1-5,8-9,12-14,17H,6-7,10-11,15H2,(H2,28,29,32). The van der Waals surface area contributed by atoms with E-state index in [1.165, 1.54) is 6.07 Å². The van der Waals surface area contributed by atoms with Crippen LogP contribution >= 0.6 is 12.2 Å². The first-order chi connectivity index (χ1) is 15.6. The maximum Gasteiger partial charge on any atom is 0.171 e. The van der Waals surface area contributed by atoms with Crippen LogP contribution in [0.25, 0.3) is 0 Å². The van der Waals surface area contributed by atoms with E-state index >= 15 is 0 Å². The molecule has 1 aliphatic heterocycles. The highest BCUT2D eigenvalue weighted by Crippen LogP contribution is 2.23. The highest BCUT2D eigenvalue weighted by Gasteiger charge is 2.21. The van der Waals surface area contributed by atoms with Crippen molar-refractivity contribution in [3.05, 3.63) is 78.3 Å². The number of pyridine rings is 2. The van der Waals surface area contributed by atoms with E-state index in [0.29, 0.717) is 16.4 Å². The molecule has 0 bridgehead atoms. The maximum atomic E-state index is 13.4. The second kappa shape index (κ2) is 10.3. The summed E-state index contributed by atoms with van der Waals surface area (Å²) >= 11 is 5.40. The summed E-state index contributed by atoms with van der Waals surface area (Å²) < 4.78 is 32.2. The Bertz CT molecular complexity index is 1060. The number of hydrogen-bond acceptors (Lipinski definition) is 5. The first-order valence-corrected chi connectivity index (χ1v) is 10.7. The van der Waals surface area contributed by atoms with Crippen LogP contribution in [0.5, 0.6) is 5.75 Å². The summed E-state index contributed by atoms with van der Waals surface area (Å²) in [5.74, 6) is -0.302. The normalized spacial score (nSPS) is 14.1. The smallest absolute Gasteiger partial charge is 0.171 e. The van der Waals surface area contributed by atoms with E-state index < -0.39 is 11.6 Å². The molecule has 2 aromatic heterocycles. The molecule has 0 spiro atoms. The van der Waals surface area contributed by atoms with Gasteiger partial charge in [-0.15, -0.1) is 0 Å². The molecule has 32 heavy (non-hydrogen) atoms. The van der Waals surface area contributed by atoms with Gasteiger partial charge in [0.1, 0.15) is 18.2 Å². The average molecular weight is 456 g/mol. The SMILES string of the molecule is Fc1ccc(COc2ccnc(N3CCC(NC(=S)Nc4cccnc4)CC3)c2)cc1F. The van der Waals surface area contributed by atoms with Crippen molar-refractivity contribution in [1.82, 2.24) is 15.3 Å². The Morgan fingerprint density at radius 3 is 2.69 bits per heavy atom. The second-order valence-corrected chi connectivity index (χ2v) is 7.90. The van der Waals surface area contributed by atoms with Crippen LogP contribution in [0, 0.1) is 11.6 Å². The fourth-order valence-corrected chi connectivity index (χ4v) is 3.79. The van der Waals surface area contributed by atoms with Crippen molar-refractivity contribution in [3.63, 3.8) is 0 Å². The Morgan fingerprint density at radius 1 is 1.09 bits per heavy atom. The van der Waals surface area contributed by atoms with Crippen LogP contribution < -0.4 is 20.3 Å². The van der Waals surface area contributed by atoms with Gasteiger partial charge in [0.15, 0.2) is 16.7 Å². The van der Waals surface area contributed by atoms with Crippen LogP contribution in [0.3, 0.4) is 0 Å². The minimum Gasteiger partial charge on any atom is -0.489 e. The second-order valence-electron chi connectivity index (χ2n) is 7.49. The van der Waals surface area contributed by atoms with Gasteiger partial charge in [-0.25, -0.2) is 13.8 Å². The molecule has 9 heteroatoms. The molecule has 1 fully saturated rings. The van der Waals surface area contributed by atoms with Crippen LogP contribution in [-0.4, -0.2) is 34.2 Å². The lowest BCUT2D eigenvalue weighted by Crippen LogP contribution is -2.46. The minimum atomic E-state index is -0.881. The number of piperidine rings is 1. The van der Waals surface area contributed by atoms with Gasteiger partial charge in [-0.05, 0) is 61.0 Å². The predicted octanol–water partition coefficient (Wildman–Crippen LogP) is 4.29. The number of rotatable bonds is 6. The third-order valence-electron chi connectivity index (χ3n) is 5.18. The molecule has 0 unspecified atom stereocenters. The lowest BCUT2D eigenvalue weighted by Gasteiger charge is -2.33. The first-order valence-electron chi connectivity index (χ1n) is 10.3. The minimum absolute atomic E-state index is 0.147. The van der Waals surface area contributed by atoms with Crippen molar-refractivity contribution in [2.45, 2.75) is 25.5 Å². The molecule has 1 aliphatic rings. The van der Waals surface area contributed by atoms with E-state index in [0.717, 1.165) is 49.6 Å². The van der Waals surface area contributed by atoms with Gasteiger partial charge in [0.25, 0.3) is 0 Å². The van der Waals surface area contributed by atoms with E-state index in [1.807, 2.05) is 18.2 Å². The Kier molecular flexibility index (Phi) is 7.06. The van der Waals surface area contributed by atoms with Crippen molar-refractivity contribution in [1.29, 1.82) is 0 Å². The Labute approximate surface area is 190 Å². The molecule has 1 saturated heterocycles. The van der Waals surface area contributed by atoms with Crippen molar-refractivity contribution in [2.75, 3.05) is 23.3 Å². The van der Waals surface area contributed by atoms with Gasteiger partial charge in [0, 0.05) is 37.6 Å². The number of ether oxygens (including phenoxy) is 1. The maximum absolute atomic E-state index is 13.4. The Hall–Kier alpha value is -3.33. The zero-order valence-corrected chi connectivity index (χ0v) is 18.1. The number of benzene rings is 1. The number of aromatic nitrogens is 2. The fourth-order valence-electron chi connectivity index (χ4n) is 3.50. The molecule has 0 atom stereocenters. The van der Waals surface area contributed by atoms with E-state index in [1.54, 1.807) is 24.7 Å². The highest BCUT2D eigenvalue weighted by atomic mass is 32.1. The Morgan fingerprint density at radius 2 is 1.94 bits per heavy atom. The van der Waals surface area contributed by atoms with Gasteiger partial charge in [0.05, 0.1) is 11.9 Å². The molecule has 0 aliphatic carbocycles. The fraction of sp³-hybridized carbons (Fsp3) is 0.261. The van der Waals surface area contributed by atoms with Crippen molar-refractivity contribution in [3.8, 4) is 5.75 Å². The Balaban J connectivity index is 1.27. The number of nitrogens with one attached hydrogen (secondary N) is 2. The topological polar surface area (TPSA) is 62.3 Å². The number of thiocarbonyl (C=S) groups is 1. The van der Waals surface area contributed by atoms with E-state index in [2.05, 4.69) is 25.5 Å². The summed E-state index contributed by atoms with van der Waals surface area (Å²) in [6.07, 6.45) is 6.96. The van der Waals surface area contributed by atoms with Gasteiger partial charge in [-0.1, -0.05) is 6.07 Å². The first kappa shape index (κ1) is 21.9. The summed E-state index contributed by atoms with van der Waals surface area (Å²) in [7, 11) is 0. The van der Waals surface area contributed by atoms with Crippen LogP contribution in [0.15, 0.2) is 61.1 Å². The lowest BCUT2D eigenvalue weighted by atomic mass is 10.1. The van der Waals surface area contributed by atoms with Crippen LogP contribution in [0.1, 0.15) is 18.4 Å². The predicted molar refractivity (Wildman–Crippen MR) is 124 cm³/mol. The number of nitrogens with zero attached hydrogens (tertiary/aromatic N) is 3. The van der Waals surface area contributed by atoms with Gasteiger partial charge in [-0.2, -0.15) is 0 Å². The molecular formula is C23H23F2N5OS.